The molecule has 96 valence electrons. The van der Waals surface area contributed by atoms with Crippen molar-refractivity contribution in [2.45, 2.75) is 39.0 Å². The summed E-state index contributed by atoms with van der Waals surface area (Å²) in [6.07, 6.45) is 12.5. The molecule has 1 rings (SSSR count). The number of unbranched alkanes of at least 4 members (excludes halogenated alkanes) is 3. The summed E-state index contributed by atoms with van der Waals surface area (Å²) in [5, 5.41) is 0. The zero-order valence-electron chi connectivity index (χ0n) is 11.1. The molecular weight excluding hydrogens is 220 g/mol. The fourth-order valence-electron chi connectivity index (χ4n) is 1.89. The Morgan fingerprint density at radius 3 is 2.56 bits per heavy atom. The van der Waals surface area contributed by atoms with Crippen LogP contribution >= 0.6 is 0 Å². The normalized spacial score (nSPS) is 11.9. The fraction of sp³-hybridized carbons (Fsp3) is 0.353. The SMILES string of the molecule is CCCCCCC(=Cc1ccccc1)/C=C/C=O. The van der Waals surface area contributed by atoms with Crippen molar-refractivity contribution in [2.75, 3.05) is 0 Å². The largest absolute Gasteiger partial charge is 0.299 e. The average molecular weight is 242 g/mol. The van der Waals surface area contributed by atoms with E-state index in [1.54, 1.807) is 6.08 Å². The van der Waals surface area contributed by atoms with Crippen molar-refractivity contribution in [3.05, 3.63) is 53.6 Å². The molecule has 0 saturated heterocycles. The maximum absolute atomic E-state index is 10.4. The number of aldehydes is 1. The summed E-state index contributed by atoms with van der Waals surface area (Å²) in [5.41, 5.74) is 2.42. The van der Waals surface area contributed by atoms with Gasteiger partial charge in [-0.2, -0.15) is 0 Å². The molecule has 0 radical (unpaired) electrons. The molecule has 0 aromatic heterocycles. The standard InChI is InChI=1S/C17H22O/c1-2-3-4-6-10-17(13-9-14-18)15-16-11-7-5-8-12-16/h5,7-9,11-15H,2-4,6,10H2,1H3/b13-9+,17-15?. The smallest absolute Gasteiger partial charge is 0.142 e. The van der Waals surface area contributed by atoms with Gasteiger partial charge in [0.05, 0.1) is 0 Å². The van der Waals surface area contributed by atoms with Crippen LogP contribution in [0.4, 0.5) is 0 Å². The molecule has 0 unspecified atom stereocenters. The van der Waals surface area contributed by atoms with Crippen molar-refractivity contribution in [3.63, 3.8) is 0 Å². The van der Waals surface area contributed by atoms with E-state index in [-0.39, 0.29) is 0 Å². The lowest BCUT2D eigenvalue weighted by molar-refractivity contribution is -0.104. The highest BCUT2D eigenvalue weighted by Gasteiger charge is 1.95. The Hall–Kier alpha value is -1.63. The second kappa shape index (κ2) is 9.41. The first-order chi connectivity index (χ1) is 8.86. The van der Waals surface area contributed by atoms with Gasteiger partial charge in [-0.1, -0.05) is 68.7 Å². The summed E-state index contributed by atoms with van der Waals surface area (Å²) in [7, 11) is 0. The van der Waals surface area contributed by atoms with E-state index in [1.165, 1.54) is 36.8 Å². The zero-order valence-corrected chi connectivity index (χ0v) is 11.1. The summed E-state index contributed by atoms with van der Waals surface area (Å²) in [4.78, 5) is 10.4. The van der Waals surface area contributed by atoms with Crippen LogP contribution < -0.4 is 0 Å². The summed E-state index contributed by atoms with van der Waals surface area (Å²) in [6, 6.07) is 10.2. The molecule has 0 atom stereocenters. The van der Waals surface area contributed by atoms with Crippen LogP contribution in [0.2, 0.25) is 0 Å². The lowest BCUT2D eigenvalue weighted by atomic mass is 10.0. The van der Waals surface area contributed by atoms with Crippen LogP contribution in [0.25, 0.3) is 6.08 Å². The second-order valence-electron chi connectivity index (χ2n) is 4.44. The molecule has 0 saturated carbocycles. The van der Waals surface area contributed by atoms with E-state index in [0.717, 1.165) is 12.7 Å². The summed E-state index contributed by atoms with van der Waals surface area (Å²) in [6.45, 7) is 2.22. The maximum Gasteiger partial charge on any atom is 0.142 e. The molecule has 1 heteroatoms. The van der Waals surface area contributed by atoms with Gasteiger partial charge in [-0.3, -0.25) is 4.79 Å². The van der Waals surface area contributed by atoms with Gasteiger partial charge in [-0.15, -0.1) is 0 Å². The molecule has 1 aromatic carbocycles. The van der Waals surface area contributed by atoms with E-state index in [4.69, 9.17) is 0 Å². The molecule has 0 fully saturated rings. The molecule has 0 bridgehead atoms. The van der Waals surface area contributed by atoms with Crippen LogP contribution in [0.3, 0.4) is 0 Å². The second-order valence-corrected chi connectivity index (χ2v) is 4.44. The van der Waals surface area contributed by atoms with E-state index < -0.39 is 0 Å². The van der Waals surface area contributed by atoms with E-state index in [1.807, 2.05) is 24.3 Å². The lowest BCUT2D eigenvalue weighted by Gasteiger charge is -2.03. The quantitative estimate of drug-likeness (QED) is 0.277. The van der Waals surface area contributed by atoms with Gasteiger partial charge < -0.3 is 0 Å². The number of hydrogen-bond donors (Lipinski definition) is 0. The summed E-state index contributed by atoms with van der Waals surface area (Å²) in [5.74, 6) is 0. The van der Waals surface area contributed by atoms with Gasteiger partial charge in [0.1, 0.15) is 6.29 Å². The summed E-state index contributed by atoms with van der Waals surface area (Å²) >= 11 is 0. The molecular formula is C17H22O. The van der Waals surface area contributed by atoms with E-state index in [9.17, 15) is 4.79 Å². The first-order valence-electron chi connectivity index (χ1n) is 6.74. The Morgan fingerprint density at radius 2 is 1.89 bits per heavy atom. The Bertz CT molecular complexity index is 387. The van der Waals surface area contributed by atoms with E-state index in [0.29, 0.717) is 0 Å². The van der Waals surface area contributed by atoms with Crippen molar-refractivity contribution in [1.29, 1.82) is 0 Å². The van der Waals surface area contributed by atoms with E-state index in [2.05, 4.69) is 25.1 Å². The van der Waals surface area contributed by atoms with Gasteiger partial charge in [-0.25, -0.2) is 0 Å². The van der Waals surface area contributed by atoms with Crippen molar-refractivity contribution in [1.82, 2.24) is 0 Å². The molecule has 1 nitrogen and oxygen atoms in total. The number of rotatable bonds is 8. The highest BCUT2D eigenvalue weighted by atomic mass is 16.1. The highest BCUT2D eigenvalue weighted by Crippen LogP contribution is 2.15. The molecule has 0 aliphatic heterocycles. The van der Waals surface area contributed by atoms with Crippen molar-refractivity contribution in [2.24, 2.45) is 0 Å². The number of benzene rings is 1. The van der Waals surface area contributed by atoms with Crippen LogP contribution in [0.5, 0.6) is 0 Å². The maximum atomic E-state index is 10.4. The molecule has 0 N–H and O–H groups in total. The molecule has 0 spiro atoms. The topological polar surface area (TPSA) is 17.1 Å². The Balaban J connectivity index is 2.63. The third kappa shape index (κ3) is 6.19. The third-order valence-corrected chi connectivity index (χ3v) is 2.86. The van der Waals surface area contributed by atoms with Gasteiger partial charge in [-0.05, 0) is 30.1 Å². The van der Waals surface area contributed by atoms with Gasteiger partial charge in [0.2, 0.25) is 0 Å². The van der Waals surface area contributed by atoms with Gasteiger partial charge in [0.25, 0.3) is 0 Å². The molecule has 0 aliphatic rings. The van der Waals surface area contributed by atoms with Crippen molar-refractivity contribution >= 4 is 12.4 Å². The van der Waals surface area contributed by atoms with Crippen LogP contribution in [-0.4, -0.2) is 6.29 Å². The predicted molar refractivity (Wildman–Crippen MR) is 78.4 cm³/mol. The number of allylic oxidation sites excluding steroid dienone is 3. The zero-order chi connectivity index (χ0) is 13.1. The fourth-order valence-corrected chi connectivity index (χ4v) is 1.89. The number of carbonyl (C=O) groups excluding carboxylic acids is 1. The average Bonchev–Trinajstić information content (AvgIpc) is 2.41. The van der Waals surface area contributed by atoms with Crippen molar-refractivity contribution < 1.29 is 4.79 Å². The first-order valence-corrected chi connectivity index (χ1v) is 6.74. The predicted octanol–water partition coefficient (Wildman–Crippen LogP) is 4.80. The highest BCUT2D eigenvalue weighted by molar-refractivity contribution is 5.67. The molecule has 0 heterocycles. The number of carbonyl (C=O) groups is 1. The minimum Gasteiger partial charge on any atom is -0.299 e. The first kappa shape index (κ1) is 14.4. The minimum absolute atomic E-state index is 0.838. The van der Waals surface area contributed by atoms with Crippen LogP contribution in [0.15, 0.2) is 48.1 Å². The number of hydrogen-bond acceptors (Lipinski definition) is 1. The molecule has 18 heavy (non-hydrogen) atoms. The van der Waals surface area contributed by atoms with Crippen LogP contribution in [0.1, 0.15) is 44.6 Å². The molecule has 1 aromatic rings. The van der Waals surface area contributed by atoms with Crippen LogP contribution in [0, 0.1) is 0 Å². The summed E-state index contributed by atoms with van der Waals surface area (Å²) < 4.78 is 0. The Kier molecular flexibility index (Phi) is 7.54. The Labute approximate surface area is 110 Å². The lowest BCUT2D eigenvalue weighted by Crippen LogP contribution is -1.83. The van der Waals surface area contributed by atoms with E-state index >= 15 is 0 Å². The minimum atomic E-state index is 0.838. The third-order valence-electron chi connectivity index (χ3n) is 2.86. The van der Waals surface area contributed by atoms with Gasteiger partial charge >= 0.3 is 0 Å². The van der Waals surface area contributed by atoms with Gasteiger partial charge in [0.15, 0.2) is 0 Å². The monoisotopic (exact) mass is 242 g/mol. The molecule has 0 aliphatic carbocycles. The molecule has 0 amide bonds. The Morgan fingerprint density at radius 1 is 1.11 bits per heavy atom. The van der Waals surface area contributed by atoms with Crippen LogP contribution in [-0.2, 0) is 4.79 Å². The van der Waals surface area contributed by atoms with Crippen molar-refractivity contribution in [3.8, 4) is 0 Å². The van der Waals surface area contributed by atoms with Gasteiger partial charge in [0, 0.05) is 0 Å².